The number of amides is 1. The lowest BCUT2D eigenvalue weighted by atomic mass is 9.89. The van der Waals surface area contributed by atoms with Gasteiger partial charge in [0.25, 0.3) is 10.0 Å². The van der Waals surface area contributed by atoms with Crippen LogP contribution in [0, 0.1) is 0 Å². The van der Waals surface area contributed by atoms with Gasteiger partial charge < -0.3 is 9.47 Å². The molecule has 8 nitrogen and oxygen atoms in total. The van der Waals surface area contributed by atoms with E-state index >= 15 is 0 Å². The maximum atomic E-state index is 13.6. The van der Waals surface area contributed by atoms with Gasteiger partial charge in [0, 0.05) is 5.92 Å². The first kappa shape index (κ1) is 18.0. The number of carbonyl (C=O) groups excluding carboxylic acids is 2. The molecule has 2 aromatic carbocycles. The van der Waals surface area contributed by atoms with Crippen LogP contribution in [-0.2, 0) is 24.3 Å². The van der Waals surface area contributed by atoms with E-state index in [-0.39, 0.29) is 23.8 Å². The van der Waals surface area contributed by atoms with Crippen LogP contribution in [0.5, 0.6) is 0 Å². The van der Waals surface area contributed by atoms with E-state index in [1.165, 1.54) is 28.4 Å². The molecule has 3 atom stereocenters. The van der Waals surface area contributed by atoms with Crippen LogP contribution in [0.3, 0.4) is 0 Å². The van der Waals surface area contributed by atoms with Gasteiger partial charge in [0.05, 0.1) is 17.7 Å². The fourth-order valence-corrected chi connectivity index (χ4v) is 6.43. The van der Waals surface area contributed by atoms with Gasteiger partial charge in [-0.15, -0.1) is 0 Å². The Labute approximate surface area is 167 Å². The zero-order valence-corrected chi connectivity index (χ0v) is 16.3. The molecule has 29 heavy (non-hydrogen) atoms. The van der Waals surface area contributed by atoms with Crippen molar-refractivity contribution in [3.05, 3.63) is 60.2 Å². The molecule has 0 aromatic heterocycles. The van der Waals surface area contributed by atoms with Gasteiger partial charge in [0.1, 0.15) is 12.8 Å². The molecule has 3 aliphatic rings. The molecule has 3 aliphatic heterocycles. The van der Waals surface area contributed by atoms with Crippen molar-refractivity contribution < 1.29 is 27.5 Å². The Hall–Kier alpha value is -3.07. The van der Waals surface area contributed by atoms with Crippen LogP contribution in [0.25, 0.3) is 0 Å². The Bertz CT molecular complexity index is 1120. The van der Waals surface area contributed by atoms with Crippen molar-refractivity contribution in [1.82, 2.24) is 4.90 Å². The molecule has 150 valence electrons. The van der Waals surface area contributed by atoms with E-state index in [0.717, 1.165) is 5.56 Å². The monoisotopic (exact) mass is 414 g/mol. The molecule has 2 saturated heterocycles. The van der Waals surface area contributed by atoms with E-state index in [1.807, 2.05) is 12.1 Å². The number of hydrogen-bond acceptors (Lipinski definition) is 6. The average Bonchev–Trinajstić information content (AvgIpc) is 3.35. The van der Waals surface area contributed by atoms with Gasteiger partial charge in [-0.05, 0) is 30.2 Å². The summed E-state index contributed by atoms with van der Waals surface area (Å²) in [7, 11) is -2.75. The molecule has 0 saturated carbocycles. The number of anilines is 1. The van der Waals surface area contributed by atoms with Crippen LogP contribution in [0.15, 0.2) is 59.5 Å². The van der Waals surface area contributed by atoms with E-state index in [1.54, 1.807) is 30.3 Å². The number of nitrogens with zero attached hydrogens (tertiary/aromatic N) is 2. The SMILES string of the molecule is COC(=O)[C@@]12COC(=O)N1[C@@H]1[C@H](C2)c2ccccc2N1S(=O)(=O)c1ccccc1. The molecule has 2 fully saturated rings. The fourth-order valence-electron chi connectivity index (χ4n) is 4.75. The summed E-state index contributed by atoms with van der Waals surface area (Å²) < 4.78 is 38.6. The molecular weight excluding hydrogens is 396 g/mol. The maximum Gasteiger partial charge on any atom is 0.412 e. The minimum atomic E-state index is -4.00. The Kier molecular flexibility index (Phi) is 3.70. The second-order valence-corrected chi connectivity index (χ2v) is 9.16. The molecule has 2 aromatic rings. The summed E-state index contributed by atoms with van der Waals surface area (Å²) in [6, 6.07) is 15.2. The first-order chi connectivity index (χ1) is 13.9. The first-order valence-corrected chi connectivity index (χ1v) is 10.6. The Morgan fingerprint density at radius 3 is 2.55 bits per heavy atom. The van der Waals surface area contributed by atoms with Gasteiger partial charge in [-0.1, -0.05) is 36.4 Å². The van der Waals surface area contributed by atoms with Crippen molar-refractivity contribution in [3.63, 3.8) is 0 Å². The van der Waals surface area contributed by atoms with Gasteiger partial charge in [-0.2, -0.15) is 0 Å². The highest BCUT2D eigenvalue weighted by Gasteiger charge is 2.69. The van der Waals surface area contributed by atoms with E-state index in [9.17, 15) is 18.0 Å². The van der Waals surface area contributed by atoms with E-state index < -0.39 is 33.8 Å². The molecule has 0 N–H and O–H groups in total. The Balaban J connectivity index is 1.72. The summed E-state index contributed by atoms with van der Waals surface area (Å²) in [5.74, 6) is -0.969. The smallest absolute Gasteiger partial charge is 0.412 e. The minimum Gasteiger partial charge on any atom is -0.467 e. The summed E-state index contributed by atoms with van der Waals surface area (Å²) in [4.78, 5) is 26.7. The van der Waals surface area contributed by atoms with E-state index in [4.69, 9.17) is 9.47 Å². The van der Waals surface area contributed by atoms with Crippen molar-refractivity contribution in [2.75, 3.05) is 18.0 Å². The maximum absolute atomic E-state index is 13.6. The number of fused-ring (bicyclic) bond motifs is 5. The van der Waals surface area contributed by atoms with E-state index in [0.29, 0.717) is 5.69 Å². The van der Waals surface area contributed by atoms with Crippen LogP contribution >= 0.6 is 0 Å². The second kappa shape index (κ2) is 5.96. The molecule has 9 heteroatoms. The topological polar surface area (TPSA) is 93.2 Å². The number of cyclic esters (lactones) is 1. The van der Waals surface area contributed by atoms with E-state index in [2.05, 4.69) is 0 Å². The minimum absolute atomic E-state index is 0.110. The highest BCUT2D eigenvalue weighted by molar-refractivity contribution is 7.92. The van der Waals surface area contributed by atoms with Crippen molar-refractivity contribution in [1.29, 1.82) is 0 Å². The van der Waals surface area contributed by atoms with Crippen LogP contribution in [0.4, 0.5) is 10.5 Å². The largest absolute Gasteiger partial charge is 0.467 e. The molecule has 0 spiro atoms. The van der Waals surface area contributed by atoms with Crippen LogP contribution in [0.1, 0.15) is 17.9 Å². The zero-order valence-electron chi connectivity index (χ0n) is 15.5. The van der Waals surface area contributed by atoms with Gasteiger partial charge in [0.15, 0.2) is 5.54 Å². The normalized spacial score (nSPS) is 27.3. The summed E-state index contributed by atoms with van der Waals surface area (Å²) in [5.41, 5.74) is -0.0499. The number of hydrogen-bond donors (Lipinski definition) is 0. The zero-order chi connectivity index (χ0) is 20.4. The first-order valence-electron chi connectivity index (χ1n) is 9.15. The molecular formula is C20H18N2O6S. The summed E-state index contributed by atoms with van der Waals surface area (Å²) in [6.45, 7) is -0.160. The number of para-hydroxylation sites is 1. The van der Waals surface area contributed by atoms with Crippen molar-refractivity contribution >= 4 is 27.8 Å². The van der Waals surface area contributed by atoms with Crippen LogP contribution in [-0.4, -0.2) is 50.8 Å². The summed E-state index contributed by atoms with van der Waals surface area (Å²) >= 11 is 0. The molecule has 5 rings (SSSR count). The number of sulfonamides is 1. The van der Waals surface area contributed by atoms with Gasteiger partial charge in [-0.25, -0.2) is 22.3 Å². The third kappa shape index (κ3) is 2.21. The van der Waals surface area contributed by atoms with Gasteiger partial charge in [-0.3, -0.25) is 4.90 Å². The fraction of sp³-hybridized carbons (Fsp3) is 0.300. The molecule has 3 heterocycles. The average molecular weight is 414 g/mol. The lowest BCUT2D eigenvalue weighted by Crippen LogP contribution is -2.57. The Morgan fingerprint density at radius 2 is 1.83 bits per heavy atom. The number of esters is 1. The van der Waals surface area contributed by atoms with Crippen molar-refractivity contribution in [3.8, 4) is 0 Å². The predicted octanol–water partition coefficient (Wildman–Crippen LogP) is 2.07. The standard InChI is InChI=1S/C20H18N2O6S/c1-27-18(23)20-11-15-14-9-5-6-10-16(14)22(17(15)21(20)19(24)28-12-20)29(25,26)13-7-3-2-4-8-13/h2-10,15,17H,11-12H2,1H3/t15-,17+,20-/m1/s1. The summed E-state index contributed by atoms with van der Waals surface area (Å²) in [6.07, 6.45) is -1.39. The molecule has 0 radical (unpaired) electrons. The number of carbonyl (C=O) groups is 2. The van der Waals surface area contributed by atoms with Crippen LogP contribution in [0.2, 0.25) is 0 Å². The highest BCUT2D eigenvalue weighted by atomic mass is 32.2. The Morgan fingerprint density at radius 1 is 1.14 bits per heavy atom. The number of methoxy groups -OCH3 is 1. The van der Waals surface area contributed by atoms with Gasteiger partial charge in [0.2, 0.25) is 0 Å². The lowest BCUT2D eigenvalue weighted by Gasteiger charge is -2.34. The quantitative estimate of drug-likeness (QED) is 0.714. The van der Waals surface area contributed by atoms with Crippen molar-refractivity contribution in [2.45, 2.75) is 28.9 Å². The number of rotatable bonds is 3. The molecule has 0 unspecified atom stereocenters. The molecule has 0 bridgehead atoms. The highest BCUT2D eigenvalue weighted by Crippen LogP contribution is 2.56. The predicted molar refractivity (Wildman–Crippen MR) is 102 cm³/mol. The number of ether oxygens (including phenoxy) is 2. The third-order valence-electron chi connectivity index (χ3n) is 5.95. The molecule has 1 amide bonds. The third-order valence-corrected chi connectivity index (χ3v) is 7.75. The van der Waals surface area contributed by atoms with Crippen molar-refractivity contribution in [2.24, 2.45) is 0 Å². The van der Waals surface area contributed by atoms with Crippen LogP contribution < -0.4 is 4.31 Å². The number of benzene rings is 2. The second-order valence-electron chi connectivity index (χ2n) is 7.34. The lowest BCUT2D eigenvalue weighted by molar-refractivity contribution is -0.151. The van der Waals surface area contributed by atoms with Gasteiger partial charge >= 0.3 is 12.1 Å². The summed E-state index contributed by atoms with van der Waals surface area (Å²) in [5, 5.41) is 0. The molecule has 0 aliphatic carbocycles.